The van der Waals surface area contributed by atoms with Gasteiger partial charge in [-0.25, -0.2) is 0 Å². The van der Waals surface area contributed by atoms with E-state index in [2.05, 4.69) is 5.32 Å². The summed E-state index contributed by atoms with van der Waals surface area (Å²) in [5, 5.41) is 29.7. The van der Waals surface area contributed by atoms with Crippen molar-refractivity contribution in [3.63, 3.8) is 0 Å². The van der Waals surface area contributed by atoms with E-state index in [0.717, 1.165) is 5.56 Å². The van der Waals surface area contributed by atoms with Crippen LogP contribution in [0, 0.1) is 6.92 Å². The highest BCUT2D eigenvalue weighted by Gasteiger charge is 2.29. The van der Waals surface area contributed by atoms with E-state index in [-0.39, 0.29) is 18.6 Å². The molecule has 0 unspecified atom stereocenters. The van der Waals surface area contributed by atoms with Crippen LogP contribution in [-0.4, -0.2) is 52.4 Å². The molecule has 0 radical (unpaired) electrons. The first-order valence-corrected chi connectivity index (χ1v) is 6.70. The van der Waals surface area contributed by atoms with Gasteiger partial charge in [0.15, 0.2) is 5.78 Å². The molecule has 0 fully saturated rings. The summed E-state index contributed by atoms with van der Waals surface area (Å²) in [6, 6.07) is 7.05. The molecular weight excluding hydrogens is 274 g/mol. The zero-order valence-electron chi connectivity index (χ0n) is 12.0. The van der Waals surface area contributed by atoms with Crippen molar-refractivity contribution in [1.29, 1.82) is 0 Å². The fraction of sp³-hybridized carbons (Fsp3) is 0.467. The average molecular weight is 295 g/mol. The van der Waals surface area contributed by atoms with Crippen LogP contribution in [0.2, 0.25) is 0 Å². The molecule has 0 saturated carbocycles. The topological polar surface area (TPSA) is 107 Å². The second-order valence-corrected chi connectivity index (χ2v) is 5.09. The minimum atomic E-state index is -1.45. The van der Waals surface area contributed by atoms with Crippen LogP contribution in [0.4, 0.5) is 0 Å². The Bertz CT molecular complexity index is 471. The largest absolute Gasteiger partial charge is 0.394 e. The highest BCUT2D eigenvalue weighted by atomic mass is 16.3. The molecule has 116 valence electrons. The van der Waals surface area contributed by atoms with Crippen molar-refractivity contribution in [2.75, 3.05) is 19.8 Å². The molecule has 0 aromatic heterocycles. The SMILES string of the molecule is Cc1ccc(C(=O)CCC(=O)NC(CO)(CO)CO)cc1. The number of carbonyl (C=O) groups is 2. The number of hydrogen-bond donors (Lipinski definition) is 4. The molecule has 1 aromatic carbocycles. The Balaban J connectivity index is 2.53. The lowest BCUT2D eigenvalue weighted by atomic mass is 10.0. The fourth-order valence-corrected chi connectivity index (χ4v) is 1.74. The Labute approximate surface area is 123 Å². The van der Waals surface area contributed by atoms with Gasteiger partial charge in [-0.05, 0) is 6.92 Å². The third kappa shape index (κ3) is 4.93. The van der Waals surface area contributed by atoms with Gasteiger partial charge in [0, 0.05) is 18.4 Å². The van der Waals surface area contributed by atoms with Gasteiger partial charge >= 0.3 is 0 Å². The van der Waals surface area contributed by atoms with Crippen LogP contribution < -0.4 is 5.32 Å². The lowest BCUT2D eigenvalue weighted by molar-refractivity contribution is -0.125. The molecule has 0 aliphatic heterocycles. The molecule has 0 bridgehead atoms. The average Bonchev–Trinajstić information content (AvgIpc) is 2.51. The van der Waals surface area contributed by atoms with Crippen molar-refractivity contribution in [3.05, 3.63) is 35.4 Å². The molecule has 1 amide bonds. The zero-order chi connectivity index (χ0) is 15.9. The number of rotatable bonds is 8. The number of aryl methyl sites for hydroxylation is 1. The molecule has 0 heterocycles. The maximum Gasteiger partial charge on any atom is 0.221 e. The van der Waals surface area contributed by atoms with Gasteiger partial charge in [0.1, 0.15) is 5.54 Å². The summed E-state index contributed by atoms with van der Waals surface area (Å²) in [5.74, 6) is -0.666. The molecule has 0 aliphatic carbocycles. The molecule has 21 heavy (non-hydrogen) atoms. The Kier molecular flexibility index (Phi) is 6.48. The van der Waals surface area contributed by atoms with Gasteiger partial charge in [0.2, 0.25) is 5.91 Å². The summed E-state index contributed by atoms with van der Waals surface area (Å²) in [6.07, 6.45) is -0.0538. The number of aliphatic hydroxyl groups is 3. The number of nitrogens with one attached hydrogen (secondary N) is 1. The first-order chi connectivity index (χ1) is 9.96. The van der Waals surface area contributed by atoms with E-state index in [4.69, 9.17) is 15.3 Å². The molecule has 6 nitrogen and oxygen atoms in total. The molecular formula is C15H21NO5. The van der Waals surface area contributed by atoms with Crippen LogP contribution in [0.1, 0.15) is 28.8 Å². The van der Waals surface area contributed by atoms with Crippen molar-refractivity contribution < 1.29 is 24.9 Å². The van der Waals surface area contributed by atoms with E-state index < -0.39 is 31.3 Å². The maximum atomic E-state index is 11.9. The van der Waals surface area contributed by atoms with Crippen molar-refractivity contribution >= 4 is 11.7 Å². The Hall–Kier alpha value is -1.76. The number of ketones is 1. The molecule has 1 rings (SSSR count). The molecule has 0 aliphatic rings. The van der Waals surface area contributed by atoms with Gasteiger partial charge in [-0.2, -0.15) is 0 Å². The number of aliphatic hydroxyl groups excluding tert-OH is 3. The van der Waals surface area contributed by atoms with Crippen LogP contribution in [0.25, 0.3) is 0 Å². The Morgan fingerprint density at radius 3 is 2.00 bits per heavy atom. The smallest absolute Gasteiger partial charge is 0.221 e. The first-order valence-electron chi connectivity index (χ1n) is 6.70. The Morgan fingerprint density at radius 2 is 1.52 bits per heavy atom. The van der Waals surface area contributed by atoms with E-state index in [1.54, 1.807) is 12.1 Å². The summed E-state index contributed by atoms with van der Waals surface area (Å²) in [7, 11) is 0. The summed E-state index contributed by atoms with van der Waals surface area (Å²) in [4.78, 5) is 23.6. The normalized spacial score (nSPS) is 11.2. The van der Waals surface area contributed by atoms with E-state index in [1.807, 2.05) is 19.1 Å². The zero-order valence-corrected chi connectivity index (χ0v) is 12.0. The summed E-state index contributed by atoms with van der Waals surface area (Å²) >= 11 is 0. The number of amides is 1. The number of hydrogen-bond acceptors (Lipinski definition) is 5. The highest BCUT2D eigenvalue weighted by molar-refractivity contribution is 5.98. The third-order valence-corrected chi connectivity index (χ3v) is 3.27. The first kappa shape index (κ1) is 17.3. The lowest BCUT2D eigenvalue weighted by Gasteiger charge is -2.28. The van der Waals surface area contributed by atoms with E-state index in [1.165, 1.54) is 0 Å². The highest BCUT2D eigenvalue weighted by Crippen LogP contribution is 2.09. The van der Waals surface area contributed by atoms with Crippen molar-refractivity contribution in [3.8, 4) is 0 Å². The number of carbonyl (C=O) groups excluding carboxylic acids is 2. The molecule has 4 N–H and O–H groups in total. The van der Waals surface area contributed by atoms with Crippen LogP contribution in [0.5, 0.6) is 0 Å². The standard InChI is InChI=1S/C15H21NO5/c1-11-2-4-12(5-3-11)13(20)6-7-14(21)16-15(8-17,9-18)10-19/h2-5,17-19H,6-10H2,1H3,(H,16,21). The molecule has 1 aromatic rings. The third-order valence-electron chi connectivity index (χ3n) is 3.27. The van der Waals surface area contributed by atoms with Gasteiger partial charge in [-0.3, -0.25) is 9.59 Å². The van der Waals surface area contributed by atoms with Crippen LogP contribution >= 0.6 is 0 Å². The second-order valence-electron chi connectivity index (χ2n) is 5.09. The molecule has 6 heteroatoms. The minimum Gasteiger partial charge on any atom is -0.394 e. The van der Waals surface area contributed by atoms with Crippen LogP contribution in [0.3, 0.4) is 0 Å². The van der Waals surface area contributed by atoms with Crippen molar-refractivity contribution in [1.82, 2.24) is 5.32 Å². The second kappa shape index (κ2) is 7.87. The van der Waals surface area contributed by atoms with Gasteiger partial charge in [-0.15, -0.1) is 0 Å². The maximum absolute atomic E-state index is 11.9. The summed E-state index contributed by atoms with van der Waals surface area (Å²) < 4.78 is 0. The monoisotopic (exact) mass is 295 g/mol. The van der Waals surface area contributed by atoms with Crippen molar-refractivity contribution in [2.45, 2.75) is 25.3 Å². The van der Waals surface area contributed by atoms with E-state index in [9.17, 15) is 9.59 Å². The summed E-state index contributed by atoms with van der Waals surface area (Å²) in [6.45, 7) is 0.160. The predicted molar refractivity (Wildman–Crippen MR) is 76.9 cm³/mol. The van der Waals surface area contributed by atoms with Gasteiger partial charge in [-0.1, -0.05) is 29.8 Å². The van der Waals surface area contributed by atoms with E-state index in [0.29, 0.717) is 5.56 Å². The van der Waals surface area contributed by atoms with Gasteiger partial charge in [0.25, 0.3) is 0 Å². The lowest BCUT2D eigenvalue weighted by Crippen LogP contribution is -2.57. The van der Waals surface area contributed by atoms with Crippen molar-refractivity contribution in [2.24, 2.45) is 0 Å². The van der Waals surface area contributed by atoms with E-state index >= 15 is 0 Å². The minimum absolute atomic E-state index is 0.0211. The predicted octanol–water partition coefficient (Wildman–Crippen LogP) is -0.210. The fourth-order valence-electron chi connectivity index (χ4n) is 1.74. The summed E-state index contributed by atoms with van der Waals surface area (Å²) in [5.41, 5.74) is 0.123. The molecule has 0 saturated heterocycles. The quantitative estimate of drug-likeness (QED) is 0.496. The number of Topliss-reactive ketones (excluding diaryl/α,β-unsaturated/α-hetero) is 1. The van der Waals surface area contributed by atoms with Crippen LogP contribution in [-0.2, 0) is 4.79 Å². The van der Waals surface area contributed by atoms with Crippen LogP contribution in [0.15, 0.2) is 24.3 Å². The van der Waals surface area contributed by atoms with Gasteiger partial charge in [0.05, 0.1) is 19.8 Å². The Morgan fingerprint density at radius 1 is 1.00 bits per heavy atom. The molecule has 0 atom stereocenters. The molecule has 0 spiro atoms. The van der Waals surface area contributed by atoms with Gasteiger partial charge < -0.3 is 20.6 Å². The number of benzene rings is 1.